The maximum Gasteiger partial charge on any atom is 0.123 e. The lowest BCUT2D eigenvalue weighted by Crippen LogP contribution is -2.17. The van der Waals surface area contributed by atoms with Crippen LogP contribution in [0.3, 0.4) is 0 Å². The number of benzene rings is 1. The average molecular weight is 247 g/mol. The molecule has 0 aliphatic rings. The molecule has 0 aliphatic carbocycles. The molecule has 0 saturated heterocycles. The number of nitrogens with one attached hydrogen (secondary N) is 1. The van der Waals surface area contributed by atoms with Crippen molar-refractivity contribution < 1.29 is 4.39 Å². The van der Waals surface area contributed by atoms with Gasteiger partial charge in [-0.2, -0.15) is 0 Å². The maximum absolute atomic E-state index is 13.1. The number of hydrogen-bond acceptors (Lipinski definition) is 3. The molecule has 0 spiro atoms. The number of rotatable bonds is 5. The second-order valence-electron chi connectivity index (χ2n) is 4.53. The zero-order valence-corrected chi connectivity index (χ0v) is 10.5. The zero-order chi connectivity index (χ0) is 13.0. The van der Waals surface area contributed by atoms with Crippen LogP contribution in [0.25, 0.3) is 10.8 Å². The minimum absolute atomic E-state index is 0.238. The minimum atomic E-state index is -0.238. The molecule has 4 heteroatoms. The fourth-order valence-corrected chi connectivity index (χ4v) is 2.02. The van der Waals surface area contributed by atoms with Gasteiger partial charge in [0.1, 0.15) is 5.82 Å². The first-order valence-electron chi connectivity index (χ1n) is 6.20. The van der Waals surface area contributed by atoms with Gasteiger partial charge in [0.2, 0.25) is 0 Å². The van der Waals surface area contributed by atoms with Crippen molar-refractivity contribution in [2.24, 2.45) is 5.73 Å². The van der Waals surface area contributed by atoms with Gasteiger partial charge in [-0.1, -0.05) is 0 Å². The number of aromatic nitrogens is 1. The van der Waals surface area contributed by atoms with Gasteiger partial charge in [-0.3, -0.25) is 4.98 Å². The van der Waals surface area contributed by atoms with Crippen molar-refractivity contribution in [2.75, 3.05) is 11.9 Å². The molecule has 1 heterocycles. The largest absolute Gasteiger partial charge is 0.381 e. The molecule has 0 amide bonds. The van der Waals surface area contributed by atoms with Crippen molar-refractivity contribution in [2.45, 2.75) is 25.8 Å². The molecule has 1 aromatic heterocycles. The van der Waals surface area contributed by atoms with Crippen molar-refractivity contribution in [3.8, 4) is 0 Å². The molecule has 3 N–H and O–H groups in total. The van der Waals surface area contributed by atoms with E-state index in [2.05, 4.69) is 17.2 Å². The van der Waals surface area contributed by atoms with Crippen LogP contribution in [0.5, 0.6) is 0 Å². The van der Waals surface area contributed by atoms with E-state index in [0.717, 1.165) is 29.3 Å². The number of anilines is 1. The van der Waals surface area contributed by atoms with Gasteiger partial charge in [-0.15, -0.1) is 0 Å². The molecule has 1 unspecified atom stereocenters. The van der Waals surface area contributed by atoms with Crippen LogP contribution in [0.1, 0.15) is 19.8 Å². The van der Waals surface area contributed by atoms with Gasteiger partial charge >= 0.3 is 0 Å². The van der Waals surface area contributed by atoms with Crippen molar-refractivity contribution in [1.29, 1.82) is 0 Å². The van der Waals surface area contributed by atoms with E-state index in [1.807, 2.05) is 0 Å². The van der Waals surface area contributed by atoms with Crippen molar-refractivity contribution in [1.82, 2.24) is 4.98 Å². The maximum atomic E-state index is 13.1. The fourth-order valence-electron chi connectivity index (χ4n) is 2.02. The van der Waals surface area contributed by atoms with Gasteiger partial charge in [-0.25, -0.2) is 4.39 Å². The van der Waals surface area contributed by atoms with E-state index in [1.54, 1.807) is 18.5 Å². The fraction of sp³-hybridized carbons (Fsp3) is 0.357. The highest BCUT2D eigenvalue weighted by molar-refractivity contribution is 5.92. The van der Waals surface area contributed by atoms with Crippen molar-refractivity contribution >= 4 is 16.5 Å². The number of nitrogens with two attached hydrogens (primary N) is 1. The number of fused-ring (bicyclic) bond motifs is 1. The highest BCUT2D eigenvalue weighted by Gasteiger charge is 2.06. The summed E-state index contributed by atoms with van der Waals surface area (Å²) in [5.41, 5.74) is 6.44. The van der Waals surface area contributed by atoms with Gasteiger partial charge in [0.15, 0.2) is 0 Å². The van der Waals surface area contributed by atoms with Gasteiger partial charge in [0.05, 0.1) is 11.9 Å². The zero-order valence-electron chi connectivity index (χ0n) is 10.5. The molecule has 0 radical (unpaired) electrons. The molecular weight excluding hydrogens is 229 g/mol. The monoisotopic (exact) mass is 247 g/mol. The molecule has 0 bridgehead atoms. The van der Waals surface area contributed by atoms with Crippen LogP contribution < -0.4 is 11.1 Å². The second kappa shape index (κ2) is 5.78. The highest BCUT2D eigenvalue weighted by atomic mass is 19.1. The number of halogens is 1. The van der Waals surface area contributed by atoms with E-state index >= 15 is 0 Å². The first-order valence-corrected chi connectivity index (χ1v) is 6.20. The lowest BCUT2D eigenvalue weighted by molar-refractivity contribution is 0.629. The van der Waals surface area contributed by atoms with E-state index in [0.29, 0.717) is 12.6 Å². The van der Waals surface area contributed by atoms with Crippen LogP contribution >= 0.6 is 0 Å². The van der Waals surface area contributed by atoms with Crippen LogP contribution in [-0.2, 0) is 0 Å². The average Bonchev–Trinajstić information content (AvgIpc) is 2.36. The Balaban J connectivity index is 2.22. The third-order valence-corrected chi connectivity index (χ3v) is 2.96. The van der Waals surface area contributed by atoms with Crippen molar-refractivity contribution in [3.63, 3.8) is 0 Å². The Bertz CT molecular complexity index is 527. The Kier molecular flexibility index (Phi) is 4.10. The van der Waals surface area contributed by atoms with E-state index in [-0.39, 0.29) is 5.82 Å². The predicted octanol–water partition coefficient (Wildman–Crippen LogP) is 2.91. The smallest absolute Gasteiger partial charge is 0.123 e. The van der Waals surface area contributed by atoms with Crippen LogP contribution in [0, 0.1) is 5.82 Å². The number of pyridine rings is 1. The second-order valence-corrected chi connectivity index (χ2v) is 4.53. The lowest BCUT2D eigenvalue weighted by Gasteiger charge is -2.16. The first-order chi connectivity index (χ1) is 8.70. The Morgan fingerprint density at radius 1 is 1.39 bits per heavy atom. The summed E-state index contributed by atoms with van der Waals surface area (Å²) in [5, 5.41) is 5.20. The summed E-state index contributed by atoms with van der Waals surface area (Å²) in [6.07, 6.45) is 5.45. The van der Waals surface area contributed by atoms with E-state index in [9.17, 15) is 4.39 Å². The minimum Gasteiger partial charge on any atom is -0.381 e. The molecular formula is C14H18FN3. The number of nitrogens with zero attached hydrogens (tertiary/aromatic N) is 1. The summed E-state index contributed by atoms with van der Waals surface area (Å²) in [5.74, 6) is -0.238. The standard InChI is InChI=1S/C14H18FN3/c1-10(3-2-6-16)18-14-9-17-8-11-7-12(15)4-5-13(11)14/h4-5,7-10,18H,2-3,6,16H2,1H3. The lowest BCUT2D eigenvalue weighted by atomic mass is 10.1. The summed E-state index contributed by atoms with van der Waals surface area (Å²) in [4.78, 5) is 4.13. The summed E-state index contributed by atoms with van der Waals surface area (Å²) in [7, 11) is 0. The summed E-state index contributed by atoms with van der Waals surface area (Å²) in [6.45, 7) is 2.81. The molecule has 0 saturated carbocycles. The van der Waals surface area contributed by atoms with Gasteiger partial charge in [0.25, 0.3) is 0 Å². The number of hydrogen-bond donors (Lipinski definition) is 2. The van der Waals surface area contributed by atoms with E-state index in [1.165, 1.54) is 12.1 Å². The molecule has 2 aromatic rings. The normalized spacial score (nSPS) is 12.6. The molecule has 2 rings (SSSR count). The first kappa shape index (κ1) is 12.8. The Morgan fingerprint density at radius 3 is 3.00 bits per heavy atom. The summed E-state index contributed by atoms with van der Waals surface area (Å²) >= 11 is 0. The molecule has 1 atom stereocenters. The molecule has 1 aromatic carbocycles. The van der Waals surface area contributed by atoms with Crippen LogP contribution in [-0.4, -0.2) is 17.6 Å². The van der Waals surface area contributed by atoms with Gasteiger partial charge < -0.3 is 11.1 Å². The Hall–Kier alpha value is -1.68. The molecule has 18 heavy (non-hydrogen) atoms. The molecule has 3 nitrogen and oxygen atoms in total. The Labute approximate surface area is 106 Å². The van der Waals surface area contributed by atoms with Gasteiger partial charge in [-0.05, 0) is 44.5 Å². The van der Waals surface area contributed by atoms with Gasteiger partial charge in [0, 0.05) is 23.0 Å². The van der Waals surface area contributed by atoms with E-state index < -0.39 is 0 Å². The highest BCUT2D eigenvalue weighted by Crippen LogP contribution is 2.23. The van der Waals surface area contributed by atoms with Crippen molar-refractivity contribution in [3.05, 3.63) is 36.4 Å². The third-order valence-electron chi connectivity index (χ3n) is 2.96. The molecule has 0 aliphatic heterocycles. The molecule has 96 valence electrons. The molecule has 0 fully saturated rings. The Morgan fingerprint density at radius 2 is 2.22 bits per heavy atom. The predicted molar refractivity (Wildman–Crippen MR) is 73.1 cm³/mol. The van der Waals surface area contributed by atoms with E-state index in [4.69, 9.17) is 5.73 Å². The third kappa shape index (κ3) is 2.96. The van der Waals surface area contributed by atoms with Crippen LogP contribution in [0.2, 0.25) is 0 Å². The topological polar surface area (TPSA) is 50.9 Å². The van der Waals surface area contributed by atoms with Crippen LogP contribution in [0.4, 0.5) is 10.1 Å². The summed E-state index contributed by atoms with van der Waals surface area (Å²) < 4.78 is 13.1. The SMILES string of the molecule is CC(CCCN)Nc1cncc2cc(F)ccc12. The quantitative estimate of drug-likeness (QED) is 0.854. The van der Waals surface area contributed by atoms with Crippen LogP contribution in [0.15, 0.2) is 30.6 Å². The summed E-state index contributed by atoms with van der Waals surface area (Å²) in [6, 6.07) is 5.08.